The van der Waals surface area contributed by atoms with E-state index < -0.39 is 0 Å². The Hall–Kier alpha value is -2.41. The number of fused-ring (bicyclic) bond motifs is 1. The molecule has 0 saturated heterocycles. The number of rotatable bonds is 1. The maximum absolute atomic E-state index is 9.12. The lowest BCUT2D eigenvalue weighted by atomic mass is 10.0. The summed E-state index contributed by atoms with van der Waals surface area (Å²) >= 11 is 0. The molecule has 1 aliphatic heterocycles. The van der Waals surface area contributed by atoms with E-state index in [1.54, 1.807) is 0 Å². The molecule has 0 radical (unpaired) electrons. The van der Waals surface area contributed by atoms with Gasteiger partial charge >= 0.3 is 0 Å². The van der Waals surface area contributed by atoms with E-state index in [1.807, 2.05) is 43.7 Å². The highest BCUT2D eigenvalue weighted by atomic mass is 16.7. The van der Waals surface area contributed by atoms with Crippen molar-refractivity contribution in [3.05, 3.63) is 35.0 Å². The van der Waals surface area contributed by atoms with Crippen molar-refractivity contribution in [2.24, 2.45) is 7.05 Å². The Bertz CT molecular complexity index is 708. The molecule has 1 aliphatic rings. The molecule has 0 unspecified atom stereocenters. The van der Waals surface area contributed by atoms with Crippen molar-refractivity contribution in [1.82, 2.24) is 4.57 Å². The van der Waals surface area contributed by atoms with Gasteiger partial charge in [-0.15, -0.1) is 0 Å². The summed E-state index contributed by atoms with van der Waals surface area (Å²) in [6.07, 6.45) is 0. The summed E-state index contributed by atoms with van der Waals surface area (Å²) in [5.74, 6) is 1.55. The van der Waals surface area contributed by atoms with E-state index in [9.17, 15) is 0 Å². The second kappa shape index (κ2) is 4.06. The van der Waals surface area contributed by atoms with Gasteiger partial charge in [0.15, 0.2) is 11.5 Å². The van der Waals surface area contributed by atoms with Crippen molar-refractivity contribution in [2.45, 2.75) is 13.8 Å². The van der Waals surface area contributed by atoms with Crippen LogP contribution in [0.5, 0.6) is 11.5 Å². The highest BCUT2D eigenvalue weighted by Gasteiger charge is 2.19. The molecular weight excluding hydrogens is 240 g/mol. The fourth-order valence-electron chi connectivity index (χ4n) is 2.39. The first kappa shape index (κ1) is 11.7. The Labute approximate surface area is 111 Å². The summed E-state index contributed by atoms with van der Waals surface area (Å²) in [7, 11) is 1.97. The first-order chi connectivity index (χ1) is 9.11. The van der Waals surface area contributed by atoms with Crippen molar-refractivity contribution in [3.63, 3.8) is 0 Å². The third-order valence-corrected chi connectivity index (χ3v) is 3.65. The van der Waals surface area contributed by atoms with Crippen LogP contribution in [0.15, 0.2) is 18.2 Å². The van der Waals surface area contributed by atoms with Crippen molar-refractivity contribution in [1.29, 1.82) is 5.26 Å². The largest absolute Gasteiger partial charge is 0.454 e. The molecule has 0 bridgehead atoms. The molecule has 2 aromatic rings. The highest BCUT2D eigenvalue weighted by molar-refractivity contribution is 5.71. The van der Waals surface area contributed by atoms with Crippen molar-refractivity contribution in [3.8, 4) is 28.8 Å². The standard InChI is InChI=1S/C15H14N2O2/c1-9-4-14-15(19-8-18-14)6-12(9)13-5-11(7-16)10(2)17(13)3/h4-6H,8H2,1-3H3. The molecule has 0 saturated carbocycles. The quantitative estimate of drug-likeness (QED) is 0.786. The Balaban J connectivity index is 2.21. The molecule has 1 aromatic carbocycles. The number of aromatic nitrogens is 1. The zero-order valence-electron chi connectivity index (χ0n) is 11.2. The van der Waals surface area contributed by atoms with Crippen LogP contribution >= 0.6 is 0 Å². The van der Waals surface area contributed by atoms with E-state index in [-0.39, 0.29) is 6.79 Å². The Morgan fingerprint density at radius 1 is 1.16 bits per heavy atom. The first-order valence-corrected chi connectivity index (χ1v) is 6.09. The van der Waals surface area contributed by atoms with Crippen LogP contribution < -0.4 is 9.47 Å². The van der Waals surface area contributed by atoms with Gasteiger partial charge in [0.05, 0.1) is 5.56 Å². The molecule has 19 heavy (non-hydrogen) atoms. The van der Waals surface area contributed by atoms with E-state index in [1.165, 1.54) is 0 Å². The number of benzene rings is 1. The summed E-state index contributed by atoms with van der Waals surface area (Å²) in [4.78, 5) is 0. The SMILES string of the molecule is Cc1cc2c(cc1-c1cc(C#N)c(C)n1C)OCO2. The minimum Gasteiger partial charge on any atom is -0.454 e. The predicted octanol–water partition coefficient (Wildman–Crippen LogP) is 2.91. The highest BCUT2D eigenvalue weighted by Crippen LogP contribution is 2.39. The number of aryl methyl sites for hydroxylation is 1. The number of hydrogen-bond donors (Lipinski definition) is 0. The van der Waals surface area contributed by atoms with Crippen LogP contribution in [0.1, 0.15) is 16.8 Å². The van der Waals surface area contributed by atoms with Crippen LogP contribution in [0.3, 0.4) is 0 Å². The molecule has 0 N–H and O–H groups in total. The average molecular weight is 254 g/mol. The lowest BCUT2D eigenvalue weighted by Crippen LogP contribution is -1.96. The van der Waals surface area contributed by atoms with Gasteiger partial charge in [-0.3, -0.25) is 0 Å². The van der Waals surface area contributed by atoms with Crippen molar-refractivity contribution >= 4 is 0 Å². The molecule has 0 fully saturated rings. The maximum Gasteiger partial charge on any atom is 0.231 e. The summed E-state index contributed by atoms with van der Waals surface area (Å²) in [6, 6.07) is 8.10. The van der Waals surface area contributed by atoms with Gasteiger partial charge in [0.25, 0.3) is 0 Å². The van der Waals surface area contributed by atoms with Crippen LogP contribution in [0, 0.1) is 25.2 Å². The molecular formula is C15H14N2O2. The van der Waals surface area contributed by atoms with Gasteiger partial charge in [0.1, 0.15) is 6.07 Å². The monoisotopic (exact) mass is 254 g/mol. The second-order valence-electron chi connectivity index (χ2n) is 4.72. The fraction of sp³-hybridized carbons (Fsp3) is 0.267. The summed E-state index contributed by atoms with van der Waals surface area (Å²) < 4.78 is 12.8. The van der Waals surface area contributed by atoms with E-state index in [2.05, 4.69) is 6.07 Å². The van der Waals surface area contributed by atoms with E-state index in [0.29, 0.717) is 5.56 Å². The molecule has 4 heteroatoms. The number of hydrogen-bond acceptors (Lipinski definition) is 3. The maximum atomic E-state index is 9.12. The van der Waals surface area contributed by atoms with Crippen molar-refractivity contribution < 1.29 is 9.47 Å². The normalized spacial score (nSPS) is 12.5. The summed E-state index contributed by atoms with van der Waals surface area (Å²) in [6.45, 7) is 4.25. The van der Waals surface area contributed by atoms with Crippen LogP contribution in [-0.2, 0) is 7.05 Å². The minimum atomic E-state index is 0.272. The van der Waals surface area contributed by atoms with Crippen LogP contribution in [0.2, 0.25) is 0 Å². The lowest BCUT2D eigenvalue weighted by Gasteiger charge is -2.09. The average Bonchev–Trinajstić information content (AvgIpc) is 2.95. The molecule has 0 spiro atoms. The van der Waals surface area contributed by atoms with Gasteiger partial charge in [0, 0.05) is 24.0 Å². The number of nitrogens with zero attached hydrogens (tertiary/aromatic N) is 2. The molecule has 3 rings (SSSR count). The van der Waals surface area contributed by atoms with Crippen LogP contribution in [0.25, 0.3) is 11.3 Å². The number of ether oxygens (including phenoxy) is 2. The zero-order valence-corrected chi connectivity index (χ0v) is 11.2. The van der Waals surface area contributed by atoms with Crippen LogP contribution in [0.4, 0.5) is 0 Å². The Kier molecular flexibility index (Phi) is 2.49. The van der Waals surface area contributed by atoms with Crippen LogP contribution in [-0.4, -0.2) is 11.4 Å². The topological polar surface area (TPSA) is 47.2 Å². The van der Waals surface area contributed by atoms with Gasteiger partial charge in [-0.2, -0.15) is 5.26 Å². The summed E-state index contributed by atoms with van der Waals surface area (Å²) in [5.41, 5.74) is 4.86. The second-order valence-corrected chi connectivity index (χ2v) is 4.72. The minimum absolute atomic E-state index is 0.272. The fourth-order valence-corrected chi connectivity index (χ4v) is 2.39. The predicted molar refractivity (Wildman–Crippen MR) is 71.2 cm³/mol. The lowest BCUT2D eigenvalue weighted by molar-refractivity contribution is 0.174. The molecule has 4 nitrogen and oxygen atoms in total. The summed E-state index contributed by atoms with van der Waals surface area (Å²) in [5, 5.41) is 9.12. The van der Waals surface area contributed by atoms with Crippen molar-refractivity contribution in [2.75, 3.05) is 6.79 Å². The Morgan fingerprint density at radius 2 is 1.84 bits per heavy atom. The molecule has 96 valence electrons. The molecule has 1 aromatic heterocycles. The third kappa shape index (κ3) is 1.66. The smallest absolute Gasteiger partial charge is 0.231 e. The molecule has 0 atom stereocenters. The van der Waals surface area contributed by atoms with Gasteiger partial charge in [-0.1, -0.05) is 0 Å². The van der Waals surface area contributed by atoms with E-state index >= 15 is 0 Å². The van der Waals surface area contributed by atoms with Gasteiger partial charge in [-0.25, -0.2) is 0 Å². The number of nitriles is 1. The molecule has 2 heterocycles. The molecule has 0 aliphatic carbocycles. The Morgan fingerprint density at radius 3 is 2.47 bits per heavy atom. The zero-order chi connectivity index (χ0) is 13.6. The van der Waals surface area contributed by atoms with Gasteiger partial charge in [0.2, 0.25) is 6.79 Å². The van der Waals surface area contributed by atoms with Gasteiger partial charge < -0.3 is 14.0 Å². The first-order valence-electron chi connectivity index (χ1n) is 6.09. The van der Waals surface area contributed by atoms with E-state index in [4.69, 9.17) is 14.7 Å². The third-order valence-electron chi connectivity index (χ3n) is 3.65. The van der Waals surface area contributed by atoms with E-state index in [0.717, 1.165) is 34.0 Å². The van der Waals surface area contributed by atoms with Gasteiger partial charge in [-0.05, 0) is 37.6 Å². The molecule has 0 amide bonds.